The van der Waals surface area contributed by atoms with E-state index < -0.39 is 0 Å². The molecule has 1 unspecified atom stereocenters. The Morgan fingerprint density at radius 2 is 2.05 bits per heavy atom. The number of carbonyl (C=O) groups excluding carboxylic acids is 1. The van der Waals surface area contributed by atoms with Crippen LogP contribution in [0.15, 0.2) is 0 Å². The molecule has 0 aromatic carbocycles. The lowest BCUT2D eigenvalue weighted by atomic mass is 9.99. The van der Waals surface area contributed by atoms with Crippen LogP contribution in [-0.4, -0.2) is 28.3 Å². The highest BCUT2D eigenvalue weighted by Gasteiger charge is 2.25. The molecule has 0 spiro atoms. The highest BCUT2D eigenvalue weighted by molar-refractivity contribution is 6.32. The zero-order valence-electron chi connectivity index (χ0n) is 12.4. The molecule has 0 bridgehead atoms. The third kappa shape index (κ3) is 3.80. The molecular formula is C14H23ClN2O2. The Morgan fingerprint density at radius 3 is 2.53 bits per heavy atom. The molecule has 0 saturated carbocycles. The fourth-order valence-electron chi connectivity index (χ4n) is 2.14. The summed E-state index contributed by atoms with van der Waals surface area (Å²) >= 11 is 6.22. The maximum absolute atomic E-state index is 12.3. The summed E-state index contributed by atoms with van der Waals surface area (Å²) in [6.07, 6.45) is -0.0994. The molecule has 0 fully saturated rings. The molecule has 5 heteroatoms. The average molecular weight is 287 g/mol. The van der Waals surface area contributed by atoms with Gasteiger partial charge in [0.2, 0.25) is 0 Å². The Balaban J connectivity index is 2.92. The Labute approximate surface area is 120 Å². The summed E-state index contributed by atoms with van der Waals surface area (Å²) in [6, 6.07) is 0. The van der Waals surface area contributed by atoms with E-state index in [0.29, 0.717) is 18.2 Å². The van der Waals surface area contributed by atoms with Crippen LogP contribution in [0.1, 0.15) is 39.1 Å². The lowest BCUT2D eigenvalue weighted by molar-refractivity contribution is -0.132. The monoisotopic (exact) mass is 286 g/mol. The molecule has 1 heterocycles. The first-order valence-electron chi connectivity index (χ1n) is 6.78. The van der Waals surface area contributed by atoms with E-state index in [1.807, 2.05) is 34.6 Å². The molecule has 4 nitrogen and oxygen atoms in total. The van der Waals surface area contributed by atoms with Gasteiger partial charge in [-0.15, -0.1) is 0 Å². The lowest BCUT2D eigenvalue weighted by Gasteiger charge is -2.19. The van der Waals surface area contributed by atoms with Crippen molar-refractivity contribution in [1.82, 2.24) is 9.78 Å². The number of halogens is 1. The predicted octanol–water partition coefficient (Wildman–Crippen LogP) is 3.04. The molecule has 0 aliphatic heterocycles. The lowest BCUT2D eigenvalue weighted by Crippen LogP contribution is -2.31. The van der Waals surface area contributed by atoms with Crippen LogP contribution in [0.25, 0.3) is 0 Å². The highest BCUT2D eigenvalue weighted by atomic mass is 35.5. The van der Waals surface area contributed by atoms with Crippen LogP contribution in [0.5, 0.6) is 0 Å². The summed E-state index contributed by atoms with van der Waals surface area (Å²) in [5.41, 5.74) is 1.56. The van der Waals surface area contributed by atoms with Gasteiger partial charge in [-0.25, -0.2) is 0 Å². The van der Waals surface area contributed by atoms with Crippen LogP contribution in [0.4, 0.5) is 0 Å². The number of ether oxygens (including phenoxy) is 1. The number of ketones is 1. The van der Waals surface area contributed by atoms with Gasteiger partial charge in [0.05, 0.1) is 22.8 Å². The topological polar surface area (TPSA) is 44.1 Å². The van der Waals surface area contributed by atoms with E-state index >= 15 is 0 Å². The van der Waals surface area contributed by atoms with Gasteiger partial charge in [-0.2, -0.15) is 5.10 Å². The molecule has 1 rings (SSSR count). The Morgan fingerprint density at radius 1 is 1.42 bits per heavy atom. The summed E-state index contributed by atoms with van der Waals surface area (Å²) < 4.78 is 7.33. The van der Waals surface area contributed by atoms with Crippen molar-refractivity contribution < 1.29 is 9.53 Å². The Bertz CT molecular complexity index is 441. The van der Waals surface area contributed by atoms with Gasteiger partial charge in [-0.1, -0.05) is 25.4 Å². The number of hydrogen-bond donors (Lipinski definition) is 0. The minimum atomic E-state index is -0.374. The van der Waals surface area contributed by atoms with E-state index in [4.69, 9.17) is 16.3 Å². The zero-order chi connectivity index (χ0) is 14.6. The molecule has 1 aromatic rings. The van der Waals surface area contributed by atoms with E-state index in [1.165, 1.54) is 0 Å². The van der Waals surface area contributed by atoms with Crippen LogP contribution in [-0.2, 0) is 22.5 Å². The van der Waals surface area contributed by atoms with Gasteiger partial charge < -0.3 is 4.74 Å². The minimum Gasteiger partial charge on any atom is -0.370 e. The minimum absolute atomic E-state index is 0.0633. The standard InChI is InChI=1S/C14H23ClN2O2/c1-6-17-11(13(15)10(5)16-17)8-12(18)14(9(3)4)19-7-2/h9,14H,6-8H2,1-5H3. The second-order valence-electron chi connectivity index (χ2n) is 4.92. The second kappa shape index (κ2) is 7.06. The molecule has 0 saturated heterocycles. The zero-order valence-corrected chi connectivity index (χ0v) is 13.1. The van der Waals surface area contributed by atoms with Crippen molar-refractivity contribution in [3.63, 3.8) is 0 Å². The molecular weight excluding hydrogens is 264 g/mol. The van der Waals surface area contributed by atoms with Crippen molar-refractivity contribution >= 4 is 17.4 Å². The predicted molar refractivity (Wildman–Crippen MR) is 76.6 cm³/mol. The summed E-state index contributed by atoms with van der Waals surface area (Å²) in [7, 11) is 0. The number of hydrogen-bond acceptors (Lipinski definition) is 3. The van der Waals surface area contributed by atoms with Gasteiger partial charge in [-0.3, -0.25) is 9.48 Å². The molecule has 1 aromatic heterocycles. The van der Waals surface area contributed by atoms with Gasteiger partial charge in [0.25, 0.3) is 0 Å². The van der Waals surface area contributed by atoms with Crippen LogP contribution in [0.3, 0.4) is 0 Å². The average Bonchev–Trinajstić information content (AvgIpc) is 2.63. The first-order valence-corrected chi connectivity index (χ1v) is 7.16. The van der Waals surface area contributed by atoms with Crippen molar-refractivity contribution in [3.8, 4) is 0 Å². The normalized spacial score (nSPS) is 13.0. The number of rotatable bonds is 7. The fraction of sp³-hybridized carbons (Fsp3) is 0.714. The van der Waals surface area contributed by atoms with Crippen molar-refractivity contribution in [3.05, 3.63) is 16.4 Å². The fourth-order valence-corrected chi connectivity index (χ4v) is 2.34. The van der Waals surface area contributed by atoms with Gasteiger partial charge in [0.1, 0.15) is 6.10 Å². The van der Waals surface area contributed by atoms with E-state index in [0.717, 1.165) is 11.4 Å². The third-order valence-electron chi connectivity index (χ3n) is 3.06. The molecule has 0 aliphatic rings. The van der Waals surface area contributed by atoms with Crippen LogP contribution < -0.4 is 0 Å². The van der Waals surface area contributed by atoms with Crippen LogP contribution in [0.2, 0.25) is 5.02 Å². The number of nitrogens with zero attached hydrogens (tertiary/aromatic N) is 2. The van der Waals surface area contributed by atoms with Crippen molar-refractivity contribution in [2.75, 3.05) is 6.61 Å². The van der Waals surface area contributed by atoms with Crippen LogP contribution >= 0.6 is 11.6 Å². The molecule has 0 amide bonds. The van der Waals surface area contributed by atoms with E-state index in [1.54, 1.807) is 4.68 Å². The van der Waals surface area contributed by atoms with Crippen molar-refractivity contribution in [2.24, 2.45) is 5.92 Å². The second-order valence-corrected chi connectivity index (χ2v) is 5.30. The van der Waals surface area contributed by atoms with Crippen LogP contribution in [0, 0.1) is 12.8 Å². The summed E-state index contributed by atoms with van der Waals surface area (Å²) in [6.45, 7) is 11.0. The van der Waals surface area contributed by atoms with E-state index in [-0.39, 0.29) is 24.2 Å². The third-order valence-corrected chi connectivity index (χ3v) is 3.56. The number of aromatic nitrogens is 2. The SMILES string of the molecule is CCOC(C(=O)Cc1c(Cl)c(C)nn1CC)C(C)C. The number of Topliss-reactive ketones (excluding diaryl/α,β-unsaturated/α-hetero) is 1. The van der Waals surface area contributed by atoms with E-state index in [2.05, 4.69) is 5.10 Å². The highest BCUT2D eigenvalue weighted by Crippen LogP contribution is 2.22. The smallest absolute Gasteiger partial charge is 0.167 e. The maximum Gasteiger partial charge on any atom is 0.167 e. The van der Waals surface area contributed by atoms with Gasteiger partial charge in [0.15, 0.2) is 5.78 Å². The Kier molecular flexibility index (Phi) is 6.01. The molecule has 108 valence electrons. The molecule has 1 atom stereocenters. The van der Waals surface area contributed by atoms with Crippen molar-refractivity contribution in [1.29, 1.82) is 0 Å². The first-order chi connectivity index (χ1) is 8.92. The quantitative estimate of drug-likeness (QED) is 0.774. The van der Waals surface area contributed by atoms with Gasteiger partial charge in [-0.05, 0) is 26.7 Å². The Hall–Kier alpha value is -0.870. The summed E-state index contributed by atoms with van der Waals surface area (Å²) in [5.74, 6) is 0.221. The largest absolute Gasteiger partial charge is 0.370 e. The van der Waals surface area contributed by atoms with E-state index in [9.17, 15) is 4.79 Å². The summed E-state index contributed by atoms with van der Waals surface area (Å²) in [4.78, 5) is 12.3. The van der Waals surface area contributed by atoms with Gasteiger partial charge in [0, 0.05) is 13.2 Å². The molecule has 0 N–H and O–H groups in total. The molecule has 19 heavy (non-hydrogen) atoms. The maximum atomic E-state index is 12.3. The molecule has 0 radical (unpaired) electrons. The van der Waals surface area contributed by atoms with Crippen molar-refractivity contribution in [2.45, 2.75) is 53.7 Å². The summed E-state index contributed by atoms with van der Waals surface area (Å²) in [5, 5.41) is 4.92. The number of carbonyl (C=O) groups is 1. The van der Waals surface area contributed by atoms with Gasteiger partial charge >= 0.3 is 0 Å². The first kappa shape index (κ1) is 16.2. The molecule has 0 aliphatic carbocycles. The number of aryl methyl sites for hydroxylation is 2.